The molecular weight excluding hydrogens is 673 g/mol. The summed E-state index contributed by atoms with van der Waals surface area (Å²) < 4.78 is 29.3. The molecule has 1 aromatic carbocycles. The van der Waals surface area contributed by atoms with Crippen molar-refractivity contribution >= 4 is 16.1 Å². The predicted molar refractivity (Wildman–Crippen MR) is 228 cm³/mol. The normalized spacial score (nSPS) is 16.5. The number of hydrogen-bond donors (Lipinski definition) is 0. The fraction of sp³-hybridized carbons (Fsp3) is 0.783. The van der Waals surface area contributed by atoms with Crippen LogP contribution in [0.3, 0.4) is 0 Å². The molecule has 2 aliphatic rings. The Labute approximate surface area is 323 Å². The van der Waals surface area contributed by atoms with Gasteiger partial charge in [-0.05, 0) is 24.7 Å². The smallest absolute Gasteiger partial charge is 0.252 e. The summed E-state index contributed by atoms with van der Waals surface area (Å²) in [5, 5.41) is 0. The minimum absolute atomic E-state index is 0.526. The van der Waals surface area contributed by atoms with Crippen LogP contribution in [-0.2, 0) is 0 Å². The highest BCUT2D eigenvalue weighted by Crippen LogP contribution is 2.59. The van der Waals surface area contributed by atoms with Crippen LogP contribution in [0.25, 0.3) is 0 Å². The first kappa shape index (κ1) is 44.4. The number of rotatable bonds is 22. The summed E-state index contributed by atoms with van der Waals surface area (Å²) >= 11 is 0. The van der Waals surface area contributed by atoms with E-state index in [0.29, 0.717) is 11.8 Å². The summed E-state index contributed by atoms with van der Waals surface area (Å²) in [7, 11) is -3.52. The van der Waals surface area contributed by atoms with Crippen molar-refractivity contribution in [2.24, 2.45) is 11.8 Å². The van der Waals surface area contributed by atoms with Crippen LogP contribution in [0.15, 0.2) is 0 Å². The van der Waals surface area contributed by atoms with Gasteiger partial charge in [0.25, 0.3) is 11.6 Å². The third-order valence-corrected chi connectivity index (χ3v) is 12.5. The Morgan fingerprint density at radius 1 is 0.462 bits per heavy atom. The minimum Gasteiger partial charge on any atom is -0.447 e. The van der Waals surface area contributed by atoms with Crippen LogP contribution in [0.1, 0.15) is 181 Å². The van der Waals surface area contributed by atoms with Crippen molar-refractivity contribution in [3.8, 4) is 45.9 Å². The standard InChI is InChI=1S/C46H78O4Si2/c1-13-19-23-25-31-45(35-37(17-5)27-21-15-3)47-41-39(29-33-51(7,8)9)43-44(40(42(41)48-45)30-34-52(10,11)12)50-46(49-43,32-26-24-20-14-2)36-38(18-6)28-22-16-4/h37-38H,13-28,31-32,35-36H2,1-12H3/t37-,38+,45?,46?. The zero-order chi connectivity index (χ0) is 38.4. The van der Waals surface area contributed by atoms with Crippen molar-refractivity contribution in [3.63, 3.8) is 0 Å². The van der Waals surface area contributed by atoms with Crippen LogP contribution < -0.4 is 18.9 Å². The van der Waals surface area contributed by atoms with Crippen LogP contribution in [0.5, 0.6) is 23.0 Å². The first-order chi connectivity index (χ1) is 24.7. The lowest BCUT2D eigenvalue weighted by Crippen LogP contribution is -2.41. The second-order valence-corrected chi connectivity index (χ2v) is 27.7. The average Bonchev–Trinajstić information content (AvgIpc) is 3.65. The highest BCUT2D eigenvalue weighted by molar-refractivity contribution is 6.84. The van der Waals surface area contributed by atoms with Gasteiger partial charge in [0.05, 0.1) is 0 Å². The number of unbranched alkanes of at least 4 members (excludes halogenated alkanes) is 8. The number of benzene rings is 1. The Bertz CT molecular complexity index is 1240. The first-order valence-electron chi connectivity index (χ1n) is 21.7. The van der Waals surface area contributed by atoms with E-state index >= 15 is 0 Å². The lowest BCUT2D eigenvalue weighted by atomic mass is 9.89. The minimum atomic E-state index is -1.76. The molecule has 0 unspecified atom stereocenters. The van der Waals surface area contributed by atoms with Crippen LogP contribution in [0.4, 0.5) is 0 Å². The molecule has 2 aliphatic heterocycles. The Kier molecular flexibility index (Phi) is 17.6. The van der Waals surface area contributed by atoms with Crippen LogP contribution in [-0.4, -0.2) is 27.7 Å². The van der Waals surface area contributed by atoms with Crippen molar-refractivity contribution in [1.29, 1.82) is 0 Å². The molecule has 0 saturated carbocycles. The molecule has 2 atom stereocenters. The molecule has 3 rings (SSSR count). The Morgan fingerprint density at radius 2 is 0.788 bits per heavy atom. The van der Waals surface area contributed by atoms with E-state index in [1.165, 1.54) is 77.0 Å². The van der Waals surface area contributed by atoms with Gasteiger partial charge < -0.3 is 18.9 Å². The molecule has 0 fully saturated rings. The van der Waals surface area contributed by atoms with E-state index < -0.39 is 27.7 Å². The highest BCUT2D eigenvalue weighted by Gasteiger charge is 2.51. The van der Waals surface area contributed by atoms with Gasteiger partial charge in [0.1, 0.15) is 27.3 Å². The lowest BCUT2D eigenvalue weighted by molar-refractivity contribution is -0.109. The van der Waals surface area contributed by atoms with Gasteiger partial charge in [0, 0.05) is 25.7 Å². The van der Waals surface area contributed by atoms with Gasteiger partial charge in [0.2, 0.25) is 0 Å². The van der Waals surface area contributed by atoms with Crippen molar-refractivity contribution in [2.45, 2.75) is 221 Å². The van der Waals surface area contributed by atoms with E-state index in [9.17, 15) is 0 Å². The van der Waals surface area contributed by atoms with E-state index in [1.54, 1.807) is 0 Å². The second kappa shape index (κ2) is 20.6. The van der Waals surface area contributed by atoms with Gasteiger partial charge in [-0.1, -0.05) is 183 Å². The van der Waals surface area contributed by atoms with Crippen LogP contribution in [0.2, 0.25) is 39.3 Å². The predicted octanol–water partition coefficient (Wildman–Crippen LogP) is 14.2. The van der Waals surface area contributed by atoms with Gasteiger partial charge >= 0.3 is 0 Å². The van der Waals surface area contributed by atoms with E-state index in [4.69, 9.17) is 18.9 Å². The Hall–Kier alpha value is -2.03. The number of ether oxygens (including phenoxy) is 4. The van der Waals surface area contributed by atoms with E-state index in [-0.39, 0.29) is 0 Å². The maximum Gasteiger partial charge on any atom is 0.252 e. The van der Waals surface area contributed by atoms with E-state index in [1.807, 2.05) is 0 Å². The topological polar surface area (TPSA) is 36.9 Å². The molecule has 2 heterocycles. The molecule has 0 spiro atoms. The number of fused-ring (bicyclic) bond motifs is 2. The molecule has 0 N–H and O–H groups in total. The van der Waals surface area contributed by atoms with Crippen molar-refractivity contribution in [1.82, 2.24) is 0 Å². The summed E-state index contributed by atoms with van der Waals surface area (Å²) in [6, 6.07) is 0. The Morgan fingerprint density at radius 3 is 1.06 bits per heavy atom. The molecule has 0 aromatic heterocycles. The summed E-state index contributed by atoms with van der Waals surface area (Å²) in [6.07, 6.45) is 22.3. The van der Waals surface area contributed by atoms with Crippen molar-refractivity contribution in [3.05, 3.63) is 11.1 Å². The highest BCUT2D eigenvalue weighted by atomic mass is 28.3. The fourth-order valence-electron chi connectivity index (χ4n) is 7.55. The Balaban J connectivity index is 2.30. The summed E-state index contributed by atoms with van der Waals surface area (Å²) in [5.41, 5.74) is 9.03. The molecule has 0 amide bonds. The number of hydrogen-bond acceptors (Lipinski definition) is 4. The molecule has 52 heavy (non-hydrogen) atoms. The third kappa shape index (κ3) is 13.1. The van der Waals surface area contributed by atoms with E-state index in [0.717, 1.165) is 85.5 Å². The first-order valence-corrected chi connectivity index (χ1v) is 28.7. The molecule has 294 valence electrons. The molecule has 0 bridgehead atoms. The second-order valence-electron chi connectivity index (χ2n) is 18.2. The average molecular weight is 751 g/mol. The molecule has 0 radical (unpaired) electrons. The maximum absolute atomic E-state index is 7.32. The molecule has 1 aromatic rings. The third-order valence-electron chi connectivity index (χ3n) is 10.7. The maximum atomic E-state index is 7.32. The molecular formula is C46H78O4Si2. The van der Waals surface area contributed by atoms with Crippen LogP contribution >= 0.6 is 0 Å². The molecule has 6 heteroatoms. The lowest BCUT2D eigenvalue weighted by Gasteiger charge is -2.32. The largest absolute Gasteiger partial charge is 0.447 e. The monoisotopic (exact) mass is 751 g/mol. The summed E-state index contributed by atoms with van der Waals surface area (Å²) in [5.74, 6) is 9.90. The van der Waals surface area contributed by atoms with Gasteiger partial charge in [-0.3, -0.25) is 0 Å². The quantitative estimate of drug-likeness (QED) is 0.0672. The van der Waals surface area contributed by atoms with Gasteiger partial charge in [0.15, 0.2) is 23.0 Å². The van der Waals surface area contributed by atoms with Crippen molar-refractivity contribution in [2.75, 3.05) is 0 Å². The zero-order valence-corrected chi connectivity index (χ0v) is 37.9. The van der Waals surface area contributed by atoms with Gasteiger partial charge in [-0.25, -0.2) is 0 Å². The summed E-state index contributed by atoms with van der Waals surface area (Å²) in [4.78, 5) is 0. The molecule has 0 saturated heterocycles. The van der Waals surface area contributed by atoms with Gasteiger partial charge in [-0.15, -0.1) is 11.1 Å². The summed E-state index contributed by atoms with van der Waals surface area (Å²) in [6.45, 7) is 27.6. The SMILES string of the molecule is CCCCCCC1(C[C@H](CC)CCCC)Oc2c(C#C[Si](C)(C)C)c3c(c(C#C[Si](C)(C)C)c2O1)OC(CCCCCC)(C[C@@H](CC)CCCC)O3. The van der Waals surface area contributed by atoms with Gasteiger partial charge in [-0.2, -0.15) is 0 Å². The zero-order valence-electron chi connectivity index (χ0n) is 35.9. The molecule has 0 aliphatic carbocycles. The fourth-order valence-corrected chi connectivity index (χ4v) is 8.55. The van der Waals surface area contributed by atoms with Crippen molar-refractivity contribution < 1.29 is 18.9 Å². The van der Waals surface area contributed by atoms with E-state index in [2.05, 4.69) is 104 Å². The van der Waals surface area contributed by atoms with Crippen LogP contribution in [0, 0.1) is 34.8 Å². The molecule has 4 nitrogen and oxygen atoms in total.